The van der Waals surface area contributed by atoms with E-state index in [1.54, 1.807) is 0 Å². The Balaban J connectivity index is -0.0000000739. The molecule has 0 radical (unpaired) electrons. The van der Waals surface area contributed by atoms with E-state index in [2.05, 4.69) is 19.1 Å². The van der Waals surface area contributed by atoms with Crippen LogP contribution < -0.4 is 0 Å². The van der Waals surface area contributed by atoms with Crippen LogP contribution in [0.15, 0.2) is 48.6 Å². The summed E-state index contributed by atoms with van der Waals surface area (Å²) in [6.45, 7) is 3.72. The molecule has 0 aromatic heterocycles. The van der Waals surface area contributed by atoms with Gasteiger partial charge < -0.3 is 22.3 Å². The third-order valence-electron chi connectivity index (χ3n) is 1.43. The second kappa shape index (κ2) is 16.9. The second-order valence-electron chi connectivity index (χ2n) is 2.49. The average Bonchev–Trinajstić information content (AvgIpc) is 2.62. The van der Waals surface area contributed by atoms with Crippen molar-refractivity contribution in [3.05, 3.63) is 89.4 Å². The predicted octanol–water partition coefficient (Wildman–Crippen LogP) is 4.52. The minimum Gasteiger partial charge on any atom is -0.358 e. The number of hydrogen-bond acceptors (Lipinski definition) is 0. The zero-order valence-corrected chi connectivity index (χ0v) is 14.1. The van der Waals surface area contributed by atoms with Gasteiger partial charge in [0, 0.05) is 25.8 Å². The van der Waals surface area contributed by atoms with Gasteiger partial charge in [-0.3, -0.25) is 6.08 Å². The first-order valence-corrected chi connectivity index (χ1v) is 3.98. The molecule has 90 valence electrons. The standard InChI is InChI=1S/C7H7.C5H5.3CH3.Hf/c1-7-5-3-2-4-6-7;1-2-4-5-3-1;;;;/h2-6H,1H2;1-3H,4H2;3*1H3;/q5*-1;. The van der Waals surface area contributed by atoms with Crippen molar-refractivity contribution in [3.8, 4) is 0 Å². The van der Waals surface area contributed by atoms with Gasteiger partial charge in [-0.25, -0.2) is 12.2 Å². The summed E-state index contributed by atoms with van der Waals surface area (Å²) in [6.07, 6.45) is 10.0. The zero-order chi connectivity index (χ0) is 8.65. The monoisotopic (exact) mass is 381 g/mol. The van der Waals surface area contributed by atoms with Crippen molar-refractivity contribution in [2.24, 2.45) is 0 Å². The minimum absolute atomic E-state index is 0. The van der Waals surface area contributed by atoms with Crippen LogP contribution in [0.2, 0.25) is 0 Å². The predicted molar refractivity (Wildman–Crippen MR) is 71.7 cm³/mol. The Morgan fingerprint density at radius 3 is 1.75 bits per heavy atom. The van der Waals surface area contributed by atoms with Gasteiger partial charge in [-0.1, -0.05) is 6.07 Å². The maximum Gasteiger partial charge on any atom is 0 e. The summed E-state index contributed by atoms with van der Waals surface area (Å²) in [4.78, 5) is 0. The smallest absolute Gasteiger partial charge is 0 e. The molecule has 1 aliphatic rings. The maximum absolute atomic E-state index is 3.72. The third kappa shape index (κ3) is 13.4. The first kappa shape index (κ1) is 24.6. The molecule has 0 saturated heterocycles. The molecule has 16 heavy (non-hydrogen) atoms. The minimum atomic E-state index is 0. The molecule has 0 unspecified atom stereocenters. The quantitative estimate of drug-likeness (QED) is 0.459. The van der Waals surface area contributed by atoms with Gasteiger partial charge in [0.1, 0.15) is 0 Å². The van der Waals surface area contributed by atoms with Gasteiger partial charge in [0.05, 0.1) is 0 Å². The first-order chi connectivity index (χ1) is 5.89. The average molecular weight is 380 g/mol. The van der Waals surface area contributed by atoms with E-state index in [0.29, 0.717) is 0 Å². The van der Waals surface area contributed by atoms with Crippen LogP contribution in [0.1, 0.15) is 12.0 Å². The Hall–Kier alpha value is -0.560. The summed E-state index contributed by atoms with van der Waals surface area (Å²) in [7, 11) is 0. The van der Waals surface area contributed by atoms with E-state index in [1.165, 1.54) is 0 Å². The zero-order valence-electron chi connectivity index (χ0n) is 10.5. The van der Waals surface area contributed by atoms with Crippen molar-refractivity contribution in [3.63, 3.8) is 0 Å². The molecule has 1 aromatic rings. The fraction of sp³-hybridized carbons (Fsp3) is 0.0667. The molecule has 2 rings (SSSR count). The molecule has 0 spiro atoms. The van der Waals surface area contributed by atoms with Crippen LogP contribution >= 0.6 is 0 Å². The number of allylic oxidation sites excluding steroid dienone is 4. The molecule has 0 N–H and O–H groups in total. The SMILES string of the molecule is [C-]1=CC=CC1.[CH2-]c1ccccc1.[CH3-].[CH3-].[CH3-].[Hf]. The Labute approximate surface area is 121 Å². The van der Waals surface area contributed by atoms with Crippen molar-refractivity contribution < 1.29 is 25.8 Å². The van der Waals surface area contributed by atoms with Crippen LogP contribution in [0.4, 0.5) is 0 Å². The van der Waals surface area contributed by atoms with E-state index < -0.39 is 0 Å². The first-order valence-electron chi connectivity index (χ1n) is 3.98. The Bertz CT molecular complexity index is 250. The van der Waals surface area contributed by atoms with Crippen molar-refractivity contribution >= 4 is 0 Å². The van der Waals surface area contributed by atoms with Crippen molar-refractivity contribution in [1.29, 1.82) is 0 Å². The Kier molecular flexibility index (Phi) is 25.9. The van der Waals surface area contributed by atoms with E-state index in [-0.39, 0.29) is 48.1 Å². The van der Waals surface area contributed by atoms with Crippen LogP contribution in [0.25, 0.3) is 0 Å². The van der Waals surface area contributed by atoms with Gasteiger partial charge in [0.2, 0.25) is 0 Å². The largest absolute Gasteiger partial charge is 0.358 e. The second-order valence-corrected chi connectivity index (χ2v) is 2.49. The van der Waals surface area contributed by atoms with Gasteiger partial charge in [-0.15, -0.1) is 18.6 Å². The van der Waals surface area contributed by atoms with Crippen LogP contribution in [0.3, 0.4) is 0 Å². The van der Waals surface area contributed by atoms with Gasteiger partial charge in [0.15, 0.2) is 0 Å². The van der Waals surface area contributed by atoms with Crippen LogP contribution in [0, 0.1) is 35.3 Å². The molecule has 0 aliphatic heterocycles. The van der Waals surface area contributed by atoms with Crippen LogP contribution in [-0.2, 0) is 25.8 Å². The molecule has 0 amide bonds. The van der Waals surface area contributed by atoms with E-state index in [4.69, 9.17) is 0 Å². The topological polar surface area (TPSA) is 0 Å². The summed E-state index contributed by atoms with van der Waals surface area (Å²) in [6, 6.07) is 9.87. The Morgan fingerprint density at radius 1 is 1.00 bits per heavy atom. The van der Waals surface area contributed by atoms with Crippen molar-refractivity contribution in [2.75, 3.05) is 0 Å². The molecule has 1 heteroatoms. The van der Waals surface area contributed by atoms with E-state index in [0.717, 1.165) is 12.0 Å². The molecule has 0 saturated carbocycles. The fourth-order valence-electron chi connectivity index (χ4n) is 0.818. The summed E-state index contributed by atoms with van der Waals surface area (Å²) in [5, 5.41) is 0. The number of hydrogen-bond donors (Lipinski definition) is 0. The molecule has 0 nitrogen and oxygen atoms in total. The van der Waals surface area contributed by atoms with Gasteiger partial charge >= 0.3 is 0 Å². The van der Waals surface area contributed by atoms with E-state index in [1.807, 2.05) is 42.5 Å². The van der Waals surface area contributed by atoms with Gasteiger partial charge in [0.25, 0.3) is 0 Å². The Morgan fingerprint density at radius 2 is 1.56 bits per heavy atom. The van der Waals surface area contributed by atoms with Crippen molar-refractivity contribution in [1.82, 2.24) is 0 Å². The third-order valence-corrected chi connectivity index (χ3v) is 1.43. The molecular weight excluding hydrogens is 359 g/mol. The molecule has 0 fully saturated rings. The maximum atomic E-state index is 3.72. The summed E-state index contributed by atoms with van der Waals surface area (Å²) >= 11 is 0. The van der Waals surface area contributed by atoms with Crippen LogP contribution in [-0.4, -0.2) is 0 Å². The number of rotatable bonds is 0. The molecule has 0 atom stereocenters. The van der Waals surface area contributed by atoms with E-state index >= 15 is 0 Å². The molecular formula is C15H21Hf-5. The molecule has 1 aromatic carbocycles. The summed E-state index contributed by atoms with van der Waals surface area (Å²) in [5.41, 5.74) is 1.07. The van der Waals surface area contributed by atoms with E-state index in [9.17, 15) is 0 Å². The molecule has 1 aliphatic carbocycles. The van der Waals surface area contributed by atoms with Crippen molar-refractivity contribution in [2.45, 2.75) is 6.42 Å². The normalized spacial score (nSPS) is 9.25. The fourth-order valence-corrected chi connectivity index (χ4v) is 0.818. The molecule has 0 heterocycles. The number of benzene rings is 1. The molecule has 0 bridgehead atoms. The summed E-state index contributed by atoms with van der Waals surface area (Å²) in [5.74, 6) is 0. The van der Waals surface area contributed by atoms with Gasteiger partial charge in [-0.2, -0.15) is 30.7 Å². The van der Waals surface area contributed by atoms with Crippen LogP contribution in [0.5, 0.6) is 0 Å². The van der Waals surface area contributed by atoms with Gasteiger partial charge in [-0.05, 0) is 0 Å². The summed E-state index contributed by atoms with van der Waals surface area (Å²) < 4.78 is 0.